The zero-order valence-electron chi connectivity index (χ0n) is 12.1. The molecule has 1 unspecified atom stereocenters. The number of carbonyl (C=O) groups excluding carboxylic acids is 1. The molecule has 3 heteroatoms. The SMILES string of the molecule is CC(C(=O)OC(C)(C)C)N1[C@H](C)CCC[C@@H]1C. The van der Waals surface area contributed by atoms with Crippen molar-refractivity contribution in [1.29, 1.82) is 0 Å². The van der Waals surface area contributed by atoms with Crippen LogP contribution in [0.3, 0.4) is 0 Å². The van der Waals surface area contributed by atoms with Crippen molar-refractivity contribution in [3.63, 3.8) is 0 Å². The molecular formula is C14H27NO2. The fraction of sp³-hybridized carbons (Fsp3) is 0.929. The first-order chi connectivity index (χ1) is 7.72. The molecule has 1 aliphatic heterocycles. The molecule has 17 heavy (non-hydrogen) atoms. The first-order valence-corrected chi connectivity index (χ1v) is 6.72. The molecule has 1 aliphatic rings. The van der Waals surface area contributed by atoms with Crippen LogP contribution in [0.4, 0.5) is 0 Å². The van der Waals surface area contributed by atoms with Crippen molar-refractivity contribution in [1.82, 2.24) is 4.90 Å². The smallest absolute Gasteiger partial charge is 0.323 e. The third-order valence-corrected chi connectivity index (χ3v) is 3.46. The van der Waals surface area contributed by atoms with Gasteiger partial charge in [-0.3, -0.25) is 9.69 Å². The summed E-state index contributed by atoms with van der Waals surface area (Å²) in [5.74, 6) is -0.0990. The molecule has 0 bridgehead atoms. The molecule has 0 aromatic carbocycles. The van der Waals surface area contributed by atoms with Crippen molar-refractivity contribution < 1.29 is 9.53 Å². The molecule has 0 spiro atoms. The van der Waals surface area contributed by atoms with Crippen molar-refractivity contribution in [3.05, 3.63) is 0 Å². The number of ether oxygens (including phenoxy) is 1. The van der Waals surface area contributed by atoms with Crippen LogP contribution >= 0.6 is 0 Å². The fourth-order valence-corrected chi connectivity index (χ4v) is 2.71. The van der Waals surface area contributed by atoms with Crippen LogP contribution in [0.2, 0.25) is 0 Å². The minimum Gasteiger partial charge on any atom is -0.459 e. The van der Waals surface area contributed by atoms with Crippen LogP contribution < -0.4 is 0 Å². The summed E-state index contributed by atoms with van der Waals surface area (Å²) >= 11 is 0. The molecule has 1 saturated heterocycles. The van der Waals surface area contributed by atoms with E-state index in [9.17, 15) is 4.79 Å². The molecule has 0 N–H and O–H groups in total. The maximum atomic E-state index is 12.1. The molecule has 0 aliphatic carbocycles. The first-order valence-electron chi connectivity index (χ1n) is 6.72. The van der Waals surface area contributed by atoms with E-state index in [0.29, 0.717) is 12.1 Å². The Morgan fingerprint density at radius 3 is 2.12 bits per heavy atom. The summed E-state index contributed by atoms with van der Waals surface area (Å²) < 4.78 is 5.47. The number of rotatable bonds is 2. The quantitative estimate of drug-likeness (QED) is 0.696. The largest absolute Gasteiger partial charge is 0.459 e. The van der Waals surface area contributed by atoms with Crippen molar-refractivity contribution in [2.75, 3.05) is 0 Å². The molecular weight excluding hydrogens is 214 g/mol. The number of nitrogens with zero attached hydrogens (tertiary/aromatic N) is 1. The van der Waals surface area contributed by atoms with Gasteiger partial charge in [-0.2, -0.15) is 0 Å². The lowest BCUT2D eigenvalue weighted by Gasteiger charge is -2.42. The monoisotopic (exact) mass is 241 g/mol. The average Bonchev–Trinajstić information content (AvgIpc) is 2.14. The number of carbonyl (C=O) groups is 1. The highest BCUT2D eigenvalue weighted by Gasteiger charge is 2.34. The van der Waals surface area contributed by atoms with E-state index in [4.69, 9.17) is 4.74 Å². The van der Waals surface area contributed by atoms with Gasteiger partial charge >= 0.3 is 5.97 Å². The summed E-state index contributed by atoms with van der Waals surface area (Å²) in [5, 5.41) is 0. The van der Waals surface area contributed by atoms with Gasteiger partial charge in [-0.25, -0.2) is 0 Å². The van der Waals surface area contributed by atoms with Gasteiger partial charge in [0.25, 0.3) is 0 Å². The maximum Gasteiger partial charge on any atom is 0.323 e. The summed E-state index contributed by atoms with van der Waals surface area (Å²) in [7, 11) is 0. The fourth-order valence-electron chi connectivity index (χ4n) is 2.71. The van der Waals surface area contributed by atoms with Crippen LogP contribution in [0.25, 0.3) is 0 Å². The van der Waals surface area contributed by atoms with Crippen LogP contribution in [0.15, 0.2) is 0 Å². The number of piperidine rings is 1. The predicted octanol–water partition coefficient (Wildman–Crippen LogP) is 2.98. The van der Waals surface area contributed by atoms with E-state index < -0.39 is 5.60 Å². The topological polar surface area (TPSA) is 29.5 Å². The summed E-state index contributed by atoms with van der Waals surface area (Å²) in [5.41, 5.74) is -0.395. The van der Waals surface area contributed by atoms with E-state index >= 15 is 0 Å². The third kappa shape index (κ3) is 3.98. The lowest BCUT2D eigenvalue weighted by Crippen LogP contribution is -2.52. The van der Waals surface area contributed by atoms with Crippen molar-refractivity contribution in [2.45, 2.75) is 84.5 Å². The van der Waals surface area contributed by atoms with Crippen LogP contribution in [-0.4, -0.2) is 34.6 Å². The number of hydrogen-bond donors (Lipinski definition) is 0. The maximum absolute atomic E-state index is 12.1. The van der Waals surface area contributed by atoms with Crippen LogP contribution in [0.1, 0.15) is 60.8 Å². The van der Waals surface area contributed by atoms with Crippen LogP contribution in [0.5, 0.6) is 0 Å². The molecule has 0 amide bonds. The van der Waals surface area contributed by atoms with E-state index in [2.05, 4.69) is 18.7 Å². The minimum absolute atomic E-state index is 0.0990. The highest BCUT2D eigenvalue weighted by Crippen LogP contribution is 2.25. The van der Waals surface area contributed by atoms with E-state index in [1.165, 1.54) is 19.3 Å². The number of esters is 1. The molecule has 3 atom stereocenters. The second-order valence-electron chi connectivity index (χ2n) is 6.29. The Balaban J connectivity index is 2.67. The van der Waals surface area contributed by atoms with Gasteiger partial charge in [0, 0.05) is 12.1 Å². The van der Waals surface area contributed by atoms with Gasteiger partial charge in [-0.15, -0.1) is 0 Å². The van der Waals surface area contributed by atoms with Crippen molar-refractivity contribution in [3.8, 4) is 0 Å². The Morgan fingerprint density at radius 1 is 1.24 bits per heavy atom. The molecule has 0 aromatic heterocycles. The molecule has 0 aromatic rings. The Hall–Kier alpha value is -0.570. The Morgan fingerprint density at radius 2 is 1.71 bits per heavy atom. The van der Waals surface area contributed by atoms with E-state index in [1.807, 2.05) is 27.7 Å². The molecule has 0 radical (unpaired) electrons. The minimum atomic E-state index is -0.395. The van der Waals surface area contributed by atoms with Gasteiger partial charge in [0.2, 0.25) is 0 Å². The zero-order valence-corrected chi connectivity index (χ0v) is 12.1. The molecule has 1 fully saturated rings. The summed E-state index contributed by atoms with van der Waals surface area (Å²) in [6.45, 7) is 12.1. The highest BCUT2D eigenvalue weighted by atomic mass is 16.6. The normalized spacial score (nSPS) is 28.8. The summed E-state index contributed by atoms with van der Waals surface area (Å²) in [6, 6.07) is 0.807. The van der Waals surface area contributed by atoms with Gasteiger partial charge in [0.15, 0.2) is 0 Å². The standard InChI is InChI=1S/C14H27NO2/c1-10-8-7-9-11(2)15(10)12(3)13(16)17-14(4,5)6/h10-12H,7-9H2,1-6H3/t10-,11+,12?. The second kappa shape index (κ2) is 5.38. The molecule has 3 nitrogen and oxygen atoms in total. The first kappa shape index (κ1) is 14.5. The highest BCUT2D eigenvalue weighted by molar-refractivity contribution is 5.75. The lowest BCUT2D eigenvalue weighted by atomic mass is 9.95. The van der Waals surface area contributed by atoms with Crippen LogP contribution in [-0.2, 0) is 9.53 Å². The Kier molecular flexibility index (Phi) is 4.59. The molecule has 0 saturated carbocycles. The van der Waals surface area contributed by atoms with Gasteiger partial charge in [0.1, 0.15) is 11.6 Å². The molecule has 1 heterocycles. The third-order valence-electron chi connectivity index (χ3n) is 3.46. The Labute approximate surface area is 106 Å². The van der Waals surface area contributed by atoms with Crippen LogP contribution in [0, 0.1) is 0 Å². The second-order valence-corrected chi connectivity index (χ2v) is 6.29. The predicted molar refractivity (Wildman–Crippen MR) is 69.9 cm³/mol. The van der Waals surface area contributed by atoms with Crippen molar-refractivity contribution >= 4 is 5.97 Å². The number of hydrogen-bond acceptors (Lipinski definition) is 3. The van der Waals surface area contributed by atoms with Gasteiger partial charge in [-0.1, -0.05) is 6.42 Å². The molecule has 100 valence electrons. The van der Waals surface area contributed by atoms with Gasteiger partial charge < -0.3 is 4.74 Å². The summed E-state index contributed by atoms with van der Waals surface area (Å²) in [6.07, 6.45) is 3.62. The van der Waals surface area contributed by atoms with E-state index in [1.54, 1.807) is 0 Å². The average molecular weight is 241 g/mol. The Bertz CT molecular complexity index is 260. The van der Waals surface area contributed by atoms with Crippen molar-refractivity contribution in [2.24, 2.45) is 0 Å². The van der Waals surface area contributed by atoms with Gasteiger partial charge in [0.05, 0.1) is 0 Å². The van der Waals surface area contributed by atoms with E-state index in [-0.39, 0.29) is 12.0 Å². The van der Waals surface area contributed by atoms with Gasteiger partial charge in [-0.05, 0) is 54.4 Å². The lowest BCUT2D eigenvalue weighted by molar-refractivity contribution is -0.163. The summed E-state index contributed by atoms with van der Waals surface area (Å²) in [4.78, 5) is 14.4. The zero-order chi connectivity index (χ0) is 13.2. The van der Waals surface area contributed by atoms with E-state index in [0.717, 1.165) is 0 Å². The number of likely N-dealkylation sites (tertiary alicyclic amines) is 1. The molecule has 1 rings (SSSR count).